The number of alkyl halides is 6. The van der Waals surface area contributed by atoms with E-state index >= 15 is 0 Å². The molecule has 0 aliphatic heterocycles. The molecule has 0 bridgehead atoms. The first kappa shape index (κ1) is 29.1. The van der Waals surface area contributed by atoms with E-state index < -0.39 is 58.0 Å². The Morgan fingerprint density at radius 1 is 0.805 bits per heavy atom. The van der Waals surface area contributed by atoms with Gasteiger partial charge >= 0.3 is 24.3 Å². The van der Waals surface area contributed by atoms with Gasteiger partial charge in [-0.15, -0.1) is 0 Å². The van der Waals surface area contributed by atoms with Gasteiger partial charge in [0.2, 0.25) is 5.88 Å². The van der Waals surface area contributed by atoms with Crippen LogP contribution in [0.3, 0.4) is 0 Å². The summed E-state index contributed by atoms with van der Waals surface area (Å²) in [6.45, 7) is 2.64. The van der Waals surface area contributed by atoms with Gasteiger partial charge in [0.25, 0.3) is 5.56 Å². The van der Waals surface area contributed by atoms with Gasteiger partial charge in [0.1, 0.15) is 11.1 Å². The van der Waals surface area contributed by atoms with Crippen LogP contribution in [0.2, 0.25) is 0 Å². The number of carboxylic acids is 1. The molecule has 4 aromatic rings. The van der Waals surface area contributed by atoms with Crippen LogP contribution in [0.4, 0.5) is 26.3 Å². The van der Waals surface area contributed by atoms with Gasteiger partial charge in [-0.25, -0.2) is 14.6 Å². The summed E-state index contributed by atoms with van der Waals surface area (Å²) in [6, 6.07) is 10.6. The smallest absolute Gasteiger partial charge is 0.416 e. The molecule has 13 heteroatoms. The molecule has 0 radical (unpaired) electrons. The Hall–Kier alpha value is -4.94. The van der Waals surface area contributed by atoms with E-state index in [0.717, 1.165) is 36.4 Å². The molecule has 4 rings (SSSR count). The number of hydrogen-bond donors (Lipinski definition) is 2. The molecule has 0 aliphatic carbocycles. The first-order valence-electron chi connectivity index (χ1n) is 11.6. The van der Waals surface area contributed by atoms with Gasteiger partial charge in [0.15, 0.2) is 0 Å². The molecule has 2 aromatic carbocycles. The van der Waals surface area contributed by atoms with Crippen LogP contribution in [-0.2, 0) is 12.4 Å². The molecule has 0 spiro atoms. The fourth-order valence-corrected chi connectivity index (χ4v) is 4.08. The molecule has 0 fully saturated rings. The largest absolute Gasteiger partial charge is 0.477 e. The van der Waals surface area contributed by atoms with Crippen LogP contribution < -0.4 is 10.3 Å². The molecular weight excluding hydrogens is 558 g/mol. The number of H-pyrrole nitrogens is 1. The van der Waals surface area contributed by atoms with Crippen LogP contribution in [0.5, 0.6) is 5.88 Å². The quantitative estimate of drug-likeness (QED) is 0.203. The van der Waals surface area contributed by atoms with E-state index in [2.05, 4.69) is 9.97 Å². The van der Waals surface area contributed by atoms with E-state index in [1.165, 1.54) is 38.1 Å². The number of halogens is 6. The average molecular weight is 576 g/mol. The summed E-state index contributed by atoms with van der Waals surface area (Å²) < 4.78 is 84.1. The lowest BCUT2D eigenvalue weighted by molar-refractivity contribution is -0.138. The number of carbonyl (C=O) groups excluding carboxylic acids is 1. The summed E-state index contributed by atoms with van der Waals surface area (Å²) in [5.74, 6) is -3.66. The number of carbonyl (C=O) groups is 2. The molecule has 0 amide bonds. The number of ether oxygens (including phenoxy) is 1. The standard InChI is InChI=1S/C28H18F6N2O5/c1-13-9-19(15-5-3-7-17(11-15)27(29,30)31)35-23(37)21(13)26(40)41-24-22(25(38)39)14(2)10-20(36-24)16-6-4-8-18(12-16)28(32,33)34/h3-12H,1-2H3,(H,35,37)(H,38,39). The summed E-state index contributed by atoms with van der Waals surface area (Å²) >= 11 is 0. The third kappa shape index (κ3) is 6.13. The Kier molecular flexibility index (Phi) is 7.48. The lowest BCUT2D eigenvalue weighted by Crippen LogP contribution is -2.25. The fourth-order valence-electron chi connectivity index (χ4n) is 4.08. The highest BCUT2D eigenvalue weighted by Crippen LogP contribution is 2.34. The summed E-state index contributed by atoms with van der Waals surface area (Å²) in [5, 5.41) is 9.67. The van der Waals surface area contributed by atoms with Gasteiger partial charge in [-0.3, -0.25) is 4.79 Å². The highest BCUT2D eigenvalue weighted by Gasteiger charge is 2.32. The van der Waals surface area contributed by atoms with Gasteiger partial charge in [-0.1, -0.05) is 24.3 Å². The van der Waals surface area contributed by atoms with Crippen molar-refractivity contribution >= 4 is 11.9 Å². The monoisotopic (exact) mass is 576 g/mol. The zero-order valence-corrected chi connectivity index (χ0v) is 21.1. The van der Waals surface area contributed by atoms with Crippen molar-refractivity contribution in [1.29, 1.82) is 0 Å². The number of rotatable bonds is 5. The number of nitrogens with one attached hydrogen (secondary N) is 1. The maximum Gasteiger partial charge on any atom is 0.416 e. The van der Waals surface area contributed by atoms with Crippen molar-refractivity contribution in [2.45, 2.75) is 26.2 Å². The van der Waals surface area contributed by atoms with Crippen LogP contribution in [0.15, 0.2) is 65.5 Å². The zero-order valence-electron chi connectivity index (χ0n) is 21.1. The van der Waals surface area contributed by atoms with Crippen molar-refractivity contribution in [3.63, 3.8) is 0 Å². The zero-order chi connectivity index (χ0) is 30.3. The van der Waals surface area contributed by atoms with Crippen molar-refractivity contribution in [2.75, 3.05) is 0 Å². The van der Waals surface area contributed by atoms with Crippen LogP contribution in [0.25, 0.3) is 22.5 Å². The number of aromatic nitrogens is 2. The van der Waals surface area contributed by atoms with Gasteiger partial charge in [-0.05, 0) is 66.9 Å². The molecule has 7 nitrogen and oxygen atoms in total. The first-order chi connectivity index (χ1) is 19.1. The number of aromatic amines is 1. The summed E-state index contributed by atoms with van der Waals surface area (Å²) in [7, 11) is 0. The Morgan fingerprint density at radius 2 is 1.34 bits per heavy atom. The van der Waals surface area contributed by atoms with E-state index in [1.54, 1.807) is 0 Å². The van der Waals surface area contributed by atoms with Crippen LogP contribution in [-0.4, -0.2) is 27.0 Å². The van der Waals surface area contributed by atoms with Gasteiger partial charge in [-0.2, -0.15) is 26.3 Å². The number of carboxylic acid groups (broad SMARTS) is 1. The Balaban J connectivity index is 1.74. The van der Waals surface area contributed by atoms with Crippen LogP contribution in [0, 0.1) is 13.8 Å². The highest BCUT2D eigenvalue weighted by molar-refractivity contribution is 5.97. The molecule has 0 saturated heterocycles. The number of esters is 1. The van der Waals surface area contributed by atoms with E-state index in [1.807, 2.05) is 0 Å². The summed E-state index contributed by atoms with van der Waals surface area (Å²) in [6.07, 6.45) is -9.30. The van der Waals surface area contributed by atoms with E-state index in [0.29, 0.717) is 0 Å². The normalized spacial score (nSPS) is 11.8. The minimum atomic E-state index is -4.67. The van der Waals surface area contributed by atoms with Crippen LogP contribution >= 0.6 is 0 Å². The van der Waals surface area contributed by atoms with Crippen LogP contribution in [0.1, 0.15) is 43.0 Å². The predicted molar refractivity (Wildman–Crippen MR) is 134 cm³/mol. The highest BCUT2D eigenvalue weighted by atomic mass is 19.4. The molecule has 0 unspecified atom stereocenters. The SMILES string of the molecule is Cc1cc(-c2cccc(C(F)(F)F)c2)nc(OC(=O)c2c(C)cc(-c3cccc(C(F)(F)F)c3)[nH]c2=O)c1C(=O)O. The predicted octanol–water partition coefficient (Wildman–Crippen LogP) is 6.68. The minimum Gasteiger partial charge on any atom is -0.477 e. The fraction of sp³-hybridized carbons (Fsp3) is 0.143. The molecule has 0 aliphatic rings. The second kappa shape index (κ2) is 10.6. The second-order valence-corrected chi connectivity index (χ2v) is 8.93. The van der Waals surface area contributed by atoms with Crippen molar-refractivity contribution in [1.82, 2.24) is 9.97 Å². The summed E-state index contributed by atoms with van der Waals surface area (Å²) in [5.41, 5.74) is -4.32. The van der Waals surface area contributed by atoms with E-state index in [-0.39, 0.29) is 33.6 Å². The van der Waals surface area contributed by atoms with E-state index in [9.17, 15) is 45.8 Å². The lowest BCUT2D eigenvalue weighted by atomic mass is 10.0. The maximum atomic E-state index is 13.2. The Morgan fingerprint density at radius 3 is 1.88 bits per heavy atom. The number of aryl methyl sites for hydroxylation is 2. The third-order valence-electron chi connectivity index (χ3n) is 6.01. The lowest BCUT2D eigenvalue weighted by Gasteiger charge is -2.14. The molecule has 212 valence electrons. The number of aromatic carboxylic acids is 1. The van der Waals surface area contributed by atoms with Crippen molar-refractivity contribution in [3.05, 3.63) is 104 Å². The molecule has 2 aromatic heterocycles. The van der Waals surface area contributed by atoms with Crippen molar-refractivity contribution in [2.24, 2.45) is 0 Å². The number of nitrogens with zero attached hydrogens (tertiary/aromatic N) is 1. The topological polar surface area (TPSA) is 109 Å². The maximum absolute atomic E-state index is 13.2. The molecule has 2 N–H and O–H groups in total. The molecular formula is C28H18F6N2O5. The Bertz CT molecular complexity index is 1740. The first-order valence-corrected chi connectivity index (χ1v) is 11.6. The van der Waals surface area contributed by atoms with Crippen molar-refractivity contribution < 1.29 is 45.8 Å². The minimum absolute atomic E-state index is 0.00575. The number of hydrogen-bond acceptors (Lipinski definition) is 5. The summed E-state index contributed by atoms with van der Waals surface area (Å²) in [4.78, 5) is 44.0. The van der Waals surface area contributed by atoms with Gasteiger partial charge in [0.05, 0.1) is 16.8 Å². The Labute approximate surface area is 227 Å². The molecule has 41 heavy (non-hydrogen) atoms. The number of pyridine rings is 2. The second-order valence-electron chi connectivity index (χ2n) is 8.93. The molecule has 2 heterocycles. The molecule has 0 atom stereocenters. The molecule has 0 saturated carbocycles. The average Bonchev–Trinajstić information content (AvgIpc) is 2.87. The van der Waals surface area contributed by atoms with Gasteiger partial charge < -0.3 is 14.8 Å². The number of benzene rings is 2. The van der Waals surface area contributed by atoms with Gasteiger partial charge in [0, 0.05) is 11.3 Å². The van der Waals surface area contributed by atoms with E-state index in [4.69, 9.17) is 4.74 Å². The van der Waals surface area contributed by atoms with Crippen molar-refractivity contribution in [3.8, 4) is 28.4 Å². The third-order valence-corrected chi connectivity index (χ3v) is 6.01.